The maximum Gasteiger partial charge on any atom is 0.407 e. The van der Waals surface area contributed by atoms with Crippen molar-refractivity contribution < 1.29 is 22.7 Å². The minimum absolute atomic E-state index is 0.0348. The van der Waals surface area contributed by atoms with Gasteiger partial charge >= 0.3 is 12.3 Å². The Balaban J connectivity index is 1.76. The Kier molecular flexibility index (Phi) is 5.06. The molecule has 0 bridgehead atoms. The van der Waals surface area contributed by atoms with Crippen molar-refractivity contribution in [1.82, 2.24) is 10.2 Å². The highest BCUT2D eigenvalue weighted by atomic mass is 19.4. The van der Waals surface area contributed by atoms with E-state index in [0.29, 0.717) is 13.1 Å². The number of ether oxygens (including phenoxy) is 1. The zero-order valence-electron chi connectivity index (χ0n) is 11.4. The molecule has 1 aromatic rings. The molecule has 1 fully saturated rings. The first-order chi connectivity index (χ1) is 9.97. The number of amides is 1. The number of nitrogens with one attached hydrogen (secondary N) is 1. The van der Waals surface area contributed by atoms with Crippen LogP contribution in [0.2, 0.25) is 0 Å². The molecule has 1 amide bonds. The van der Waals surface area contributed by atoms with Crippen LogP contribution in [-0.4, -0.2) is 42.8 Å². The second-order valence-corrected chi connectivity index (χ2v) is 4.89. The lowest BCUT2D eigenvalue weighted by Crippen LogP contribution is -2.57. The molecule has 1 saturated heterocycles. The number of rotatable bonds is 5. The SMILES string of the molecule is O=C(NCC(N1CCC1)C(F)(F)F)OCc1ccccc1. The minimum atomic E-state index is -4.35. The lowest BCUT2D eigenvalue weighted by Gasteiger charge is -2.39. The first-order valence-corrected chi connectivity index (χ1v) is 6.72. The molecule has 0 aromatic heterocycles. The van der Waals surface area contributed by atoms with Gasteiger partial charge in [0.2, 0.25) is 0 Å². The summed E-state index contributed by atoms with van der Waals surface area (Å²) in [6.07, 6.45) is -4.44. The highest BCUT2D eigenvalue weighted by Crippen LogP contribution is 2.27. The first kappa shape index (κ1) is 15.6. The Bertz CT molecular complexity index is 461. The molecule has 0 saturated carbocycles. The molecule has 0 spiro atoms. The van der Waals surface area contributed by atoms with E-state index in [4.69, 9.17) is 4.74 Å². The minimum Gasteiger partial charge on any atom is -0.445 e. The molecule has 1 N–H and O–H groups in total. The molecule has 116 valence electrons. The standard InChI is InChI=1S/C14H17F3N2O2/c15-14(16,17)12(19-7-4-8-19)9-18-13(20)21-10-11-5-2-1-3-6-11/h1-3,5-6,12H,4,7-10H2,(H,18,20). The van der Waals surface area contributed by atoms with Crippen molar-refractivity contribution in [3.8, 4) is 0 Å². The third-order valence-corrected chi connectivity index (χ3v) is 3.36. The molecule has 1 aliphatic heterocycles. The average molecular weight is 302 g/mol. The molecule has 1 heterocycles. The predicted molar refractivity (Wildman–Crippen MR) is 70.7 cm³/mol. The third kappa shape index (κ3) is 4.63. The first-order valence-electron chi connectivity index (χ1n) is 6.72. The smallest absolute Gasteiger partial charge is 0.407 e. The molecule has 2 rings (SSSR count). The van der Waals surface area contributed by atoms with Crippen molar-refractivity contribution in [2.24, 2.45) is 0 Å². The van der Waals surface area contributed by atoms with Gasteiger partial charge in [-0.3, -0.25) is 4.90 Å². The van der Waals surface area contributed by atoms with Crippen LogP contribution in [0.3, 0.4) is 0 Å². The van der Waals surface area contributed by atoms with Crippen molar-refractivity contribution in [1.29, 1.82) is 0 Å². The number of alkyl carbamates (subject to hydrolysis) is 1. The summed E-state index contributed by atoms with van der Waals surface area (Å²) in [4.78, 5) is 12.8. The summed E-state index contributed by atoms with van der Waals surface area (Å²) in [5, 5.41) is 2.19. The maximum absolute atomic E-state index is 12.9. The normalized spacial score (nSPS) is 16.9. The number of carbonyl (C=O) groups excluding carboxylic acids is 1. The summed E-state index contributed by atoms with van der Waals surface area (Å²) in [6.45, 7) is 0.361. The molecule has 4 nitrogen and oxygen atoms in total. The summed E-state index contributed by atoms with van der Waals surface area (Å²) < 4.78 is 43.5. The third-order valence-electron chi connectivity index (χ3n) is 3.36. The van der Waals surface area contributed by atoms with Gasteiger partial charge < -0.3 is 10.1 Å². The van der Waals surface area contributed by atoms with Crippen LogP contribution >= 0.6 is 0 Å². The van der Waals surface area contributed by atoms with Crippen LogP contribution in [0.15, 0.2) is 30.3 Å². The van der Waals surface area contributed by atoms with Gasteiger partial charge in [-0.15, -0.1) is 0 Å². The van der Waals surface area contributed by atoms with Gasteiger partial charge in [0.05, 0.1) is 0 Å². The van der Waals surface area contributed by atoms with Crippen molar-refractivity contribution in [3.05, 3.63) is 35.9 Å². The number of hydrogen-bond acceptors (Lipinski definition) is 3. The molecule has 0 radical (unpaired) electrons. The number of benzene rings is 1. The van der Waals surface area contributed by atoms with Gasteiger partial charge in [-0.1, -0.05) is 30.3 Å². The van der Waals surface area contributed by atoms with Crippen molar-refractivity contribution >= 4 is 6.09 Å². The highest BCUT2D eigenvalue weighted by Gasteiger charge is 2.45. The van der Waals surface area contributed by atoms with Gasteiger partial charge in [0.1, 0.15) is 12.6 Å². The van der Waals surface area contributed by atoms with Gasteiger partial charge in [0.25, 0.3) is 0 Å². The van der Waals surface area contributed by atoms with Gasteiger partial charge in [0.15, 0.2) is 0 Å². The molecule has 21 heavy (non-hydrogen) atoms. The summed E-state index contributed by atoms with van der Waals surface area (Å²) >= 11 is 0. The zero-order chi connectivity index (χ0) is 15.3. The molecule has 7 heteroatoms. The van der Waals surface area contributed by atoms with Crippen molar-refractivity contribution in [2.75, 3.05) is 19.6 Å². The Morgan fingerprint density at radius 3 is 2.48 bits per heavy atom. The molecular formula is C14H17F3N2O2. The van der Waals surface area contributed by atoms with Gasteiger partial charge in [-0.2, -0.15) is 13.2 Å². The predicted octanol–water partition coefficient (Wildman–Crippen LogP) is 2.55. The van der Waals surface area contributed by atoms with E-state index >= 15 is 0 Å². The van der Waals surface area contributed by atoms with Crippen LogP contribution in [0, 0.1) is 0 Å². The summed E-state index contributed by atoms with van der Waals surface area (Å²) in [6, 6.07) is 7.30. The number of hydrogen-bond donors (Lipinski definition) is 1. The summed E-state index contributed by atoms with van der Waals surface area (Å²) in [5.74, 6) is 0. The Hall–Kier alpha value is -1.76. The lowest BCUT2D eigenvalue weighted by molar-refractivity contribution is -0.190. The quantitative estimate of drug-likeness (QED) is 0.909. The molecule has 0 aliphatic carbocycles. The topological polar surface area (TPSA) is 41.6 Å². The fourth-order valence-corrected chi connectivity index (χ4v) is 2.06. The zero-order valence-corrected chi connectivity index (χ0v) is 11.4. The number of nitrogens with zero attached hydrogens (tertiary/aromatic N) is 1. The van der Waals surface area contributed by atoms with Crippen LogP contribution in [0.4, 0.5) is 18.0 Å². The molecule has 1 aromatic carbocycles. The monoisotopic (exact) mass is 302 g/mol. The van der Waals surface area contributed by atoms with Crippen LogP contribution in [-0.2, 0) is 11.3 Å². The van der Waals surface area contributed by atoms with E-state index in [1.54, 1.807) is 24.3 Å². The van der Waals surface area contributed by atoms with Crippen LogP contribution < -0.4 is 5.32 Å². The Morgan fingerprint density at radius 1 is 1.29 bits per heavy atom. The van der Waals surface area contributed by atoms with Crippen molar-refractivity contribution in [3.63, 3.8) is 0 Å². The molecule has 1 unspecified atom stereocenters. The number of halogens is 3. The largest absolute Gasteiger partial charge is 0.445 e. The van der Waals surface area contributed by atoms with E-state index in [0.717, 1.165) is 12.0 Å². The number of likely N-dealkylation sites (tertiary alicyclic amines) is 1. The van der Waals surface area contributed by atoms with Gasteiger partial charge in [0, 0.05) is 19.6 Å². The second-order valence-electron chi connectivity index (χ2n) is 4.89. The highest BCUT2D eigenvalue weighted by molar-refractivity contribution is 5.67. The second kappa shape index (κ2) is 6.80. The van der Waals surface area contributed by atoms with Gasteiger partial charge in [-0.05, 0) is 12.0 Å². The van der Waals surface area contributed by atoms with Crippen LogP contribution in [0.1, 0.15) is 12.0 Å². The number of alkyl halides is 3. The van der Waals surface area contributed by atoms with Gasteiger partial charge in [-0.25, -0.2) is 4.79 Å². The summed E-state index contributed by atoms with van der Waals surface area (Å²) in [7, 11) is 0. The average Bonchev–Trinajstić information content (AvgIpc) is 2.38. The fourth-order valence-electron chi connectivity index (χ4n) is 2.06. The van der Waals surface area contributed by atoms with Crippen molar-refractivity contribution in [2.45, 2.75) is 25.2 Å². The fraction of sp³-hybridized carbons (Fsp3) is 0.500. The lowest BCUT2D eigenvalue weighted by atomic mass is 10.1. The molecule has 1 atom stereocenters. The maximum atomic E-state index is 12.9. The van der Waals surface area contributed by atoms with E-state index < -0.39 is 24.9 Å². The van der Waals surface area contributed by atoms with E-state index in [9.17, 15) is 18.0 Å². The van der Waals surface area contributed by atoms with Crippen LogP contribution in [0.5, 0.6) is 0 Å². The molecular weight excluding hydrogens is 285 g/mol. The van der Waals surface area contributed by atoms with E-state index in [1.165, 1.54) is 4.90 Å². The van der Waals surface area contributed by atoms with E-state index in [1.807, 2.05) is 6.07 Å². The van der Waals surface area contributed by atoms with E-state index in [-0.39, 0.29) is 6.61 Å². The van der Waals surface area contributed by atoms with Crippen LogP contribution in [0.25, 0.3) is 0 Å². The Morgan fingerprint density at radius 2 is 1.95 bits per heavy atom. The summed E-state index contributed by atoms with van der Waals surface area (Å²) in [5.41, 5.74) is 0.780. The van der Waals surface area contributed by atoms with E-state index in [2.05, 4.69) is 5.32 Å². The number of carbonyl (C=O) groups is 1. The molecule has 1 aliphatic rings. The Labute approximate surface area is 120 Å².